The average molecular weight is 338 g/mol. The van der Waals surface area contributed by atoms with Gasteiger partial charge in [-0.1, -0.05) is 35.9 Å². The normalized spacial score (nSPS) is 16.6. The van der Waals surface area contributed by atoms with Crippen LogP contribution in [-0.2, 0) is 4.79 Å². The zero-order valence-corrected chi connectivity index (χ0v) is 14.9. The van der Waals surface area contributed by atoms with Crippen molar-refractivity contribution in [2.45, 2.75) is 26.3 Å². The van der Waals surface area contributed by atoms with E-state index in [1.807, 2.05) is 43.3 Å². The molecule has 0 aromatic heterocycles. The number of amides is 1. The van der Waals surface area contributed by atoms with E-state index in [0.717, 1.165) is 16.8 Å². The minimum Gasteiger partial charge on any atom is -0.493 e. The molecule has 0 fully saturated rings. The fraction of sp³-hybridized carbons (Fsp3) is 0.300. The lowest BCUT2D eigenvalue weighted by atomic mass is 9.97. The van der Waals surface area contributed by atoms with Gasteiger partial charge in [0.05, 0.1) is 26.0 Å². The van der Waals surface area contributed by atoms with Gasteiger partial charge in [0.15, 0.2) is 11.5 Å². The molecule has 3 rings (SSSR count). The van der Waals surface area contributed by atoms with Crippen molar-refractivity contribution in [1.29, 1.82) is 0 Å². The number of benzene rings is 2. The SMILES string of the molecule is COc1ccc([C@H]2CC(c3cccc(C)c3)=NN2C(C)=O)cc1OC. The van der Waals surface area contributed by atoms with Gasteiger partial charge in [-0.05, 0) is 30.2 Å². The van der Waals surface area contributed by atoms with Crippen molar-refractivity contribution >= 4 is 11.6 Å². The summed E-state index contributed by atoms with van der Waals surface area (Å²) in [6.07, 6.45) is 0.665. The summed E-state index contributed by atoms with van der Waals surface area (Å²) in [5, 5.41) is 6.14. The monoisotopic (exact) mass is 338 g/mol. The maximum atomic E-state index is 12.1. The van der Waals surface area contributed by atoms with Crippen molar-refractivity contribution < 1.29 is 14.3 Å². The summed E-state index contributed by atoms with van der Waals surface area (Å²) < 4.78 is 10.7. The van der Waals surface area contributed by atoms with E-state index in [4.69, 9.17) is 9.47 Å². The van der Waals surface area contributed by atoms with Gasteiger partial charge in [-0.3, -0.25) is 4.79 Å². The summed E-state index contributed by atoms with van der Waals surface area (Å²) in [5.41, 5.74) is 4.11. The van der Waals surface area contributed by atoms with Gasteiger partial charge in [-0.2, -0.15) is 5.10 Å². The molecule has 0 spiro atoms. The Morgan fingerprint density at radius 2 is 1.88 bits per heavy atom. The predicted octanol–water partition coefficient (Wildman–Crippen LogP) is 3.71. The molecule has 5 heteroatoms. The minimum absolute atomic E-state index is 0.0811. The summed E-state index contributed by atoms with van der Waals surface area (Å²) >= 11 is 0. The van der Waals surface area contributed by atoms with E-state index in [2.05, 4.69) is 11.2 Å². The average Bonchev–Trinajstić information content (AvgIpc) is 3.07. The van der Waals surface area contributed by atoms with E-state index in [-0.39, 0.29) is 11.9 Å². The maximum absolute atomic E-state index is 12.1. The number of carbonyl (C=O) groups is 1. The van der Waals surface area contributed by atoms with Crippen molar-refractivity contribution in [2.75, 3.05) is 14.2 Å². The van der Waals surface area contributed by atoms with Crippen LogP contribution in [0.25, 0.3) is 0 Å². The lowest BCUT2D eigenvalue weighted by molar-refractivity contribution is -0.130. The second-order valence-electron chi connectivity index (χ2n) is 6.11. The van der Waals surface area contributed by atoms with E-state index >= 15 is 0 Å². The van der Waals surface area contributed by atoms with E-state index in [0.29, 0.717) is 17.9 Å². The molecular weight excluding hydrogens is 316 g/mol. The van der Waals surface area contributed by atoms with Crippen molar-refractivity contribution in [2.24, 2.45) is 5.10 Å². The number of hydrogen-bond acceptors (Lipinski definition) is 4. The van der Waals surface area contributed by atoms with Gasteiger partial charge in [0, 0.05) is 13.3 Å². The molecule has 2 aromatic carbocycles. The molecule has 1 aliphatic rings. The van der Waals surface area contributed by atoms with E-state index < -0.39 is 0 Å². The van der Waals surface area contributed by atoms with Crippen LogP contribution in [-0.4, -0.2) is 30.8 Å². The van der Waals surface area contributed by atoms with Crippen LogP contribution < -0.4 is 9.47 Å². The third-order valence-corrected chi connectivity index (χ3v) is 4.38. The zero-order valence-electron chi connectivity index (χ0n) is 14.9. The Morgan fingerprint density at radius 1 is 1.12 bits per heavy atom. The number of aryl methyl sites for hydroxylation is 1. The first-order valence-corrected chi connectivity index (χ1v) is 8.19. The lowest BCUT2D eigenvalue weighted by Gasteiger charge is -2.21. The van der Waals surface area contributed by atoms with Gasteiger partial charge in [-0.15, -0.1) is 0 Å². The first-order valence-electron chi connectivity index (χ1n) is 8.19. The van der Waals surface area contributed by atoms with Crippen LogP contribution in [0.15, 0.2) is 47.6 Å². The van der Waals surface area contributed by atoms with Gasteiger partial charge in [0.2, 0.25) is 5.91 Å². The van der Waals surface area contributed by atoms with Gasteiger partial charge < -0.3 is 9.47 Å². The zero-order chi connectivity index (χ0) is 18.0. The standard InChI is InChI=1S/C20H22N2O3/c1-13-6-5-7-15(10-13)17-12-18(22(21-17)14(2)23)16-8-9-19(24-3)20(11-16)25-4/h5-11,18H,12H2,1-4H3/t18-/m1/s1. The molecule has 1 amide bonds. The fourth-order valence-electron chi connectivity index (χ4n) is 3.12. The highest BCUT2D eigenvalue weighted by Gasteiger charge is 2.32. The van der Waals surface area contributed by atoms with Crippen LogP contribution in [0.2, 0.25) is 0 Å². The second-order valence-corrected chi connectivity index (χ2v) is 6.11. The highest BCUT2D eigenvalue weighted by Crippen LogP contribution is 2.37. The Bertz CT molecular complexity index is 829. The topological polar surface area (TPSA) is 51.1 Å². The number of nitrogens with zero attached hydrogens (tertiary/aromatic N) is 2. The molecule has 25 heavy (non-hydrogen) atoms. The summed E-state index contributed by atoms with van der Waals surface area (Å²) in [4.78, 5) is 12.1. The molecule has 0 N–H and O–H groups in total. The Kier molecular flexibility index (Phi) is 4.74. The molecule has 0 unspecified atom stereocenters. The van der Waals surface area contributed by atoms with E-state index in [1.165, 1.54) is 12.5 Å². The van der Waals surface area contributed by atoms with Gasteiger partial charge in [0.1, 0.15) is 0 Å². The number of hydrogen-bond donors (Lipinski definition) is 0. The van der Waals surface area contributed by atoms with E-state index in [1.54, 1.807) is 19.2 Å². The van der Waals surface area contributed by atoms with Crippen LogP contribution in [0.1, 0.15) is 36.1 Å². The Balaban J connectivity index is 1.96. The first kappa shape index (κ1) is 17.0. The smallest absolute Gasteiger partial charge is 0.240 e. The molecule has 0 bridgehead atoms. The summed E-state index contributed by atoms with van der Waals surface area (Å²) in [7, 11) is 3.21. The van der Waals surface area contributed by atoms with Crippen LogP contribution in [0.4, 0.5) is 0 Å². The molecule has 1 atom stereocenters. The molecule has 1 aliphatic heterocycles. The molecule has 0 radical (unpaired) electrons. The molecule has 130 valence electrons. The van der Waals surface area contributed by atoms with Gasteiger partial charge >= 0.3 is 0 Å². The number of ether oxygens (including phenoxy) is 2. The Hall–Kier alpha value is -2.82. The molecule has 2 aromatic rings. The number of rotatable bonds is 4. The molecule has 0 saturated heterocycles. The highest BCUT2D eigenvalue weighted by molar-refractivity contribution is 6.03. The van der Waals surface area contributed by atoms with Crippen molar-refractivity contribution in [3.8, 4) is 11.5 Å². The molecule has 0 saturated carbocycles. The van der Waals surface area contributed by atoms with Gasteiger partial charge in [0.25, 0.3) is 0 Å². The largest absolute Gasteiger partial charge is 0.493 e. The van der Waals surface area contributed by atoms with Crippen LogP contribution in [0.5, 0.6) is 11.5 Å². The van der Waals surface area contributed by atoms with Crippen molar-refractivity contribution in [3.63, 3.8) is 0 Å². The van der Waals surface area contributed by atoms with Crippen LogP contribution in [0.3, 0.4) is 0 Å². The summed E-state index contributed by atoms with van der Waals surface area (Å²) in [6.45, 7) is 3.59. The minimum atomic E-state index is -0.146. The summed E-state index contributed by atoms with van der Waals surface area (Å²) in [5.74, 6) is 1.23. The summed E-state index contributed by atoms with van der Waals surface area (Å²) in [6, 6.07) is 13.8. The third kappa shape index (κ3) is 3.36. The fourth-order valence-corrected chi connectivity index (χ4v) is 3.12. The van der Waals surface area contributed by atoms with Crippen molar-refractivity contribution in [3.05, 3.63) is 59.2 Å². The highest BCUT2D eigenvalue weighted by atomic mass is 16.5. The van der Waals surface area contributed by atoms with Crippen molar-refractivity contribution in [1.82, 2.24) is 5.01 Å². The molecule has 1 heterocycles. The molecular formula is C20H22N2O3. The predicted molar refractivity (Wildman–Crippen MR) is 97.1 cm³/mol. The quantitative estimate of drug-likeness (QED) is 0.854. The molecule has 0 aliphatic carbocycles. The van der Waals surface area contributed by atoms with Crippen LogP contribution in [0, 0.1) is 6.92 Å². The van der Waals surface area contributed by atoms with Gasteiger partial charge in [-0.25, -0.2) is 5.01 Å². The lowest BCUT2D eigenvalue weighted by Crippen LogP contribution is -2.24. The Morgan fingerprint density at radius 3 is 2.52 bits per heavy atom. The first-order chi connectivity index (χ1) is 12.0. The van der Waals surface area contributed by atoms with E-state index in [9.17, 15) is 4.79 Å². The molecule has 5 nitrogen and oxygen atoms in total. The number of carbonyl (C=O) groups excluding carboxylic acids is 1. The number of hydrazone groups is 1. The third-order valence-electron chi connectivity index (χ3n) is 4.38. The Labute approximate surface area is 147 Å². The number of methoxy groups -OCH3 is 2. The van der Waals surface area contributed by atoms with Crippen LogP contribution >= 0.6 is 0 Å². The maximum Gasteiger partial charge on any atom is 0.240 e. The second kappa shape index (κ2) is 6.97.